The Bertz CT molecular complexity index is 617. The van der Waals surface area contributed by atoms with Gasteiger partial charge in [0.15, 0.2) is 0 Å². The van der Waals surface area contributed by atoms with Crippen molar-refractivity contribution in [2.24, 2.45) is 0 Å². The maximum Gasteiger partial charge on any atom is 0.119 e. The first kappa shape index (κ1) is 22.8. The van der Waals surface area contributed by atoms with Crippen LogP contribution in [0.25, 0.3) is 0 Å². The smallest absolute Gasteiger partial charge is 0.119 e. The van der Waals surface area contributed by atoms with Crippen molar-refractivity contribution in [2.75, 3.05) is 63.4 Å². The molecule has 0 saturated carbocycles. The average Bonchev–Trinajstić information content (AvgIpc) is 2.74. The van der Waals surface area contributed by atoms with E-state index in [-0.39, 0.29) is 13.2 Å². The van der Waals surface area contributed by atoms with E-state index in [0.29, 0.717) is 26.3 Å². The molecule has 2 N–H and O–H groups in total. The monoisotopic (exact) mass is 402 g/mol. The summed E-state index contributed by atoms with van der Waals surface area (Å²) in [6.45, 7) is 2.91. The minimum Gasteiger partial charge on any atom is -0.494 e. The second-order valence-corrected chi connectivity index (χ2v) is 7.04. The molecule has 2 aromatic rings. The van der Waals surface area contributed by atoms with Crippen molar-refractivity contribution in [1.29, 1.82) is 0 Å². The third-order valence-electron chi connectivity index (χ3n) is 4.75. The Kier molecular flexibility index (Phi) is 10.2. The summed E-state index contributed by atoms with van der Waals surface area (Å²) >= 11 is 0. The maximum absolute atomic E-state index is 8.99. The number of aliphatic hydroxyl groups is 2. The van der Waals surface area contributed by atoms with Gasteiger partial charge in [0.05, 0.1) is 26.4 Å². The lowest BCUT2D eigenvalue weighted by atomic mass is 10.2. The maximum atomic E-state index is 8.99. The third-order valence-corrected chi connectivity index (χ3v) is 4.75. The first-order chi connectivity index (χ1) is 14.1. The number of unbranched alkanes of at least 4 members (excludes halogenated alkanes) is 2. The quantitative estimate of drug-likeness (QED) is 0.473. The van der Waals surface area contributed by atoms with Crippen LogP contribution in [0, 0.1) is 0 Å². The lowest BCUT2D eigenvalue weighted by Gasteiger charge is -2.18. The molecule has 0 aromatic heterocycles. The van der Waals surface area contributed by atoms with E-state index < -0.39 is 0 Å². The summed E-state index contributed by atoms with van der Waals surface area (Å²) in [6.07, 6.45) is 3.02. The van der Waals surface area contributed by atoms with Gasteiger partial charge in [-0.25, -0.2) is 0 Å². The van der Waals surface area contributed by atoms with Gasteiger partial charge in [0.2, 0.25) is 0 Å². The van der Waals surface area contributed by atoms with Crippen molar-refractivity contribution >= 4 is 11.4 Å². The van der Waals surface area contributed by atoms with Crippen molar-refractivity contribution in [1.82, 2.24) is 0 Å². The Labute approximate surface area is 174 Å². The first-order valence-corrected chi connectivity index (χ1v) is 10.2. The molecule has 0 heterocycles. The molecule has 0 fully saturated rings. The second-order valence-electron chi connectivity index (χ2n) is 7.04. The summed E-state index contributed by atoms with van der Waals surface area (Å²) < 4.78 is 11.6. The number of benzene rings is 2. The highest BCUT2D eigenvalue weighted by atomic mass is 16.5. The summed E-state index contributed by atoms with van der Waals surface area (Å²) in [5, 5.41) is 18.0. The van der Waals surface area contributed by atoms with E-state index in [1.165, 1.54) is 0 Å². The van der Waals surface area contributed by atoms with E-state index in [0.717, 1.165) is 42.1 Å². The summed E-state index contributed by atoms with van der Waals surface area (Å²) in [7, 11) is 3.91. The molecule has 0 unspecified atom stereocenters. The topological polar surface area (TPSA) is 65.4 Å². The molecule has 6 heteroatoms. The summed E-state index contributed by atoms with van der Waals surface area (Å²) in [5.74, 6) is 1.74. The Balaban J connectivity index is 1.57. The van der Waals surface area contributed by atoms with Gasteiger partial charge in [-0.2, -0.15) is 0 Å². The number of nitrogens with zero attached hydrogens (tertiary/aromatic N) is 2. The molecule has 0 saturated heterocycles. The Morgan fingerprint density at radius 2 is 1.00 bits per heavy atom. The van der Waals surface area contributed by atoms with Gasteiger partial charge in [-0.05, 0) is 67.8 Å². The number of hydrogen-bond donors (Lipinski definition) is 2. The molecule has 0 spiro atoms. The number of rotatable bonds is 14. The molecule has 6 nitrogen and oxygen atoms in total. The van der Waals surface area contributed by atoms with Crippen LogP contribution in [0.1, 0.15) is 19.3 Å². The van der Waals surface area contributed by atoms with Crippen molar-refractivity contribution in [3.8, 4) is 11.5 Å². The predicted octanol–water partition coefficient (Wildman–Crippen LogP) is 3.17. The fourth-order valence-electron chi connectivity index (χ4n) is 2.91. The third kappa shape index (κ3) is 8.21. The molecule has 0 amide bonds. The lowest BCUT2D eigenvalue weighted by molar-refractivity contribution is 0.279. The molecule has 0 aliphatic rings. The van der Waals surface area contributed by atoms with Gasteiger partial charge in [0.25, 0.3) is 0 Å². The van der Waals surface area contributed by atoms with Crippen LogP contribution in [0.5, 0.6) is 11.5 Å². The van der Waals surface area contributed by atoms with Crippen LogP contribution < -0.4 is 19.3 Å². The molecule has 2 rings (SSSR count). The highest BCUT2D eigenvalue weighted by Gasteiger charge is 2.02. The Hall–Kier alpha value is -2.44. The number of aliphatic hydroxyl groups excluding tert-OH is 2. The van der Waals surface area contributed by atoms with E-state index in [4.69, 9.17) is 19.7 Å². The van der Waals surface area contributed by atoms with Gasteiger partial charge in [-0.1, -0.05) is 0 Å². The zero-order valence-corrected chi connectivity index (χ0v) is 17.6. The molecule has 0 bridgehead atoms. The molecule has 0 aliphatic heterocycles. The van der Waals surface area contributed by atoms with E-state index in [1.807, 2.05) is 72.4 Å². The van der Waals surface area contributed by atoms with Crippen molar-refractivity contribution in [2.45, 2.75) is 19.3 Å². The van der Waals surface area contributed by atoms with Crippen LogP contribution in [0.4, 0.5) is 11.4 Å². The molecule has 2 aromatic carbocycles. The van der Waals surface area contributed by atoms with Gasteiger partial charge < -0.3 is 29.5 Å². The molecule has 0 radical (unpaired) electrons. The number of anilines is 2. The minimum absolute atomic E-state index is 0.145. The molecule has 160 valence electrons. The summed E-state index contributed by atoms with van der Waals surface area (Å²) in [4.78, 5) is 4.01. The van der Waals surface area contributed by atoms with E-state index in [1.54, 1.807) is 0 Å². The Morgan fingerprint density at radius 3 is 1.34 bits per heavy atom. The lowest BCUT2D eigenvalue weighted by Crippen LogP contribution is -2.20. The number of likely N-dealkylation sites (N-methyl/N-ethyl adjacent to an activating group) is 2. The first-order valence-electron chi connectivity index (χ1n) is 10.2. The zero-order valence-electron chi connectivity index (χ0n) is 17.6. The van der Waals surface area contributed by atoms with E-state index in [9.17, 15) is 0 Å². The van der Waals surface area contributed by atoms with Gasteiger partial charge >= 0.3 is 0 Å². The molecule has 0 aliphatic carbocycles. The van der Waals surface area contributed by atoms with Crippen LogP contribution in [-0.2, 0) is 0 Å². The Morgan fingerprint density at radius 1 is 0.621 bits per heavy atom. The summed E-state index contributed by atoms with van der Waals surface area (Å²) in [6, 6.07) is 15.9. The van der Waals surface area contributed by atoms with Crippen LogP contribution >= 0.6 is 0 Å². The minimum atomic E-state index is 0.145. The SMILES string of the molecule is CN(CCO)c1ccc(OCCCCCOc2ccc(N(C)CCO)cc2)cc1. The molecular weight excluding hydrogens is 368 g/mol. The molecule has 0 atom stereocenters. The highest BCUT2D eigenvalue weighted by Crippen LogP contribution is 2.20. The van der Waals surface area contributed by atoms with Gasteiger partial charge in [0.1, 0.15) is 11.5 Å². The fourth-order valence-corrected chi connectivity index (χ4v) is 2.91. The predicted molar refractivity (Wildman–Crippen MR) is 118 cm³/mol. The van der Waals surface area contributed by atoms with E-state index in [2.05, 4.69) is 0 Å². The van der Waals surface area contributed by atoms with Crippen molar-refractivity contribution < 1.29 is 19.7 Å². The van der Waals surface area contributed by atoms with Crippen molar-refractivity contribution in [3.05, 3.63) is 48.5 Å². The van der Waals surface area contributed by atoms with Crippen LogP contribution in [0.3, 0.4) is 0 Å². The van der Waals surface area contributed by atoms with Crippen LogP contribution in [0.2, 0.25) is 0 Å². The standard InChI is InChI=1S/C23H34N2O4/c1-24(14-16-26)20-6-10-22(11-7-20)28-18-4-3-5-19-29-23-12-8-21(9-13-23)25(2)15-17-27/h6-13,26-27H,3-5,14-19H2,1-2H3. The number of hydrogen-bond acceptors (Lipinski definition) is 6. The molecular formula is C23H34N2O4. The van der Waals surface area contributed by atoms with Crippen LogP contribution in [0.15, 0.2) is 48.5 Å². The summed E-state index contributed by atoms with van der Waals surface area (Å²) in [5.41, 5.74) is 2.13. The van der Waals surface area contributed by atoms with Gasteiger partial charge in [0, 0.05) is 38.6 Å². The van der Waals surface area contributed by atoms with Gasteiger partial charge in [-0.3, -0.25) is 0 Å². The largest absolute Gasteiger partial charge is 0.494 e. The molecule has 29 heavy (non-hydrogen) atoms. The normalized spacial score (nSPS) is 10.6. The van der Waals surface area contributed by atoms with Gasteiger partial charge in [-0.15, -0.1) is 0 Å². The highest BCUT2D eigenvalue weighted by molar-refractivity contribution is 5.49. The zero-order chi connectivity index (χ0) is 20.9. The fraction of sp³-hybridized carbons (Fsp3) is 0.478. The van der Waals surface area contributed by atoms with E-state index >= 15 is 0 Å². The average molecular weight is 403 g/mol. The number of ether oxygens (including phenoxy) is 2. The van der Waals surface area contributed by atoms with Crippen molar-refractivity contribution in [3.63, 3.8) is 0 Å². The van der Waals surface area contributed by atoms with Crippen LogP contribution in [-0.4, -0.2) is 63.8 Å². The second kappa shape index (κ2) is 12.9.